The molecule has 0 aliphatic carbocycles. The summed E-state index contributed by atoms with van der Waals surface area (Å²) < 4.78 is 5.49. The van der Waals surface area contributed by atoms with E-state index < -0.39 is 0 Å². The molecule has 0 bridgehead atoms. The summed E-state index contributed by atoms with van der Waals surface area (Å²) in [5.41, 5.74) is 3.35. The summed E-state index contributed by atoms with van der Waals surface area (Å²) in [6, 6.07) is 18.3. The molecular weight excluding hydrogens is 517 g/mol. The van der Waals surface area contributed by atoms with Gasteiger partial charge in [0.15, 0.2) is 5.96 Å². The highest BCUT2D eigenvalue weighted by Gasteiger charge is 2.31. The monoisotopic (exact) mass is 549 g/mol. The summed E-state index contributed by atoms with van der Waals surface area (Å²) in [7, 11) is 0. The number of benzene rings is 2. The van der Waals surface area contributed by atoms with Gasteiger partial charge >= 0.3 is 0 Å². The normalized spacial score (nSPS) is 19.0. The molecule has 0 radical (unpaired) electrons. The molecule has 2 aliphatic heterocycles. The maximum Gasteiger partial charge on any atom is 0.229 e. The standard InChI is InChI=1S/C24H31N5O2.HI/c1-2-25-24(27-20-16-23(30)29(18-20)21-9-4-3-5-10-21)26-17-19-8-6-7-11-22(19)28-12-14-31-15-13-28;/h3-11,20H,2,12-18H2,1H3,(H2,25,26,27);1H. The summed E-state index contributed by atoms with van der Waals surface area (Å²) in [4.78, 5) is 21.6. The average Bonchev–Trinajstić information content (AvgIpc) is 3.19. The van der Waals surface area contributed by atoms with Crippen LogP contribution in [-0.2, 0) is 16.1 Å². The molecule has 32 heavy (non-hydrogen) atoms. The lowest BCUT2D eigenvalue weighted by atomic mass is 10.1. The van der Waals surface area contributed by atoms with Crippen LogP contribution in [0.5, 0.6) is 0 Å². The van der Waals surface area contributed by atoms with Crippen molar-refractivity contribution in [1.82, 2.24) is 10.6 Å². The molecule has 2 N–H and O–H groups in total. The van der Waals surface area contributed by atoms with Crippen LogP contribution in [0.3, 0.4) is 0 Å². The third-order valence-electron chi connectivity index (χ3n) is 5.63. The Balaban J connectivity index is 0.00000289. The number of hydrogen-bond donors (Lipinski definition) is 2. The zero-order chi connectivity index (χ0) is 21.5. The van der Waals surface area contributed by atoms with E-state index in [9.17, 15) is 4.79 Å². The third kappa shape index (κ3) is 6.13. The zero-order valence-electron chi connectivity index (χ0n) is 18.5. The Labute approximate surface area is 207 Å². The van der Waals surface area contributed by atoms with Gasteiger partial charge in [0.05, 0.1) is 25.8 Å². The predicted molar refractivity (Wildman–Crippen MR) is 140 cm³/mol. The minimum Gasteiger partial charge on any atom is -0.378 e. The molecule has 0 aromatic heterocycles. The number of aliphatic imine (C=N–C) groups is 1. The third-order valence-corrected chi connectivity index (χ3v) is 5.63. The summed E-state index contributed by atoms with van der Waals surface area (Å²) in [5.74, 6) is 0.879. The van der Waals surface area contributed by atoms with Gasteiger partial charge in [0.2, 0.25) is 5.91 Å². The quantitative estimate of drug-likeness (QED) is 0.330. The molecule has 2 aromatic rings. The molecule has 1 amide bonds. The molecular formula is C24H32IN5O2. The van der Waals surface area contributed by atoms with Gasteiger partial charge in [-0.05, 0) is 30.7 Å². The topological polar surface area (TPSA) is 69.2 Å². The number of amides is 1. The Morgan fingerprint density at radius 2 is 1.81 bits per heavy atom. The van der Waals surface area contributed by atoms with Crippen molar-refractivity contribution in [2.24, 2.45) is 4.99 Å². The van der Waals surface area contributed by atoms with Gasteiger partial charge in [0.25, 0.3) is 0 Å². The summed E-state index contributed by atoms with van der Waals surface area (Å²) in [6.07, 6.45) is 0.462. The van der Waals surface area contributed by atoms with Crippen molar-refractivity contribution in [2.75, 3.05) is 49.2 Å². The van der Waals surface area contributed by atoms with E-state index in [2.05, 4.69) is 46.7 Å². The number of morpholine rings is 1. The van der Waals surface area contributed by atoms with Crippen LogP contribution in [0, 0.1) is 0 Å². The molecule has 4 rings (SSSR count). The fourth-order valence-corrected chi connectivity index (χ4v) is 4.10. The number of anilines is 2. The molecule has 2 aromatic carbocycles. The summed E-state index contributed by atoms with van der Waals surface area (Å²) in [5, 5.41) is 6.78. The van der Waals surface area contributed by atoms with Crippen molar-refractivity contribution in [3.8, 4) is 0 Å². The zero-order valence-corrected chi connectivity index (χ0v) is 20.8. The molecule has 8 heteroatoms. The first-order valence-corrected chi connectivity index (χ1v) is 11.1. The number of nitrogens with one attached hydrogen (secondary N) is 2. The summed E-state index contributed by atoms with van der Waals surface area (Å²) in [6.45, 7) is 7.35. The highest BCUT2D eigenvalue weighted by Crippen LogP contribution is 2.23. The maximum atomic E-state index is 12.5. The lowest BCUT2D eigenvalue weighted by Crippen LogP contribution is -2.44. The van der Waals surface area contributed by atoms with E-state index in [1.807, 2.05) is 35.2 Å². The second-order valence-electron chi connectivity index (χ2n) is 7.81. The first-order chi connectivity index (χ1) is 15.2. The van der Waals surface area contributed by atoms with Crippen LogP contribution in [0.15, 0.2) is 59.6 Å². The molecule has 1 atom stereocenters. The van der Waals surface area contributed by atoms with E-state index >= 15 is 0 Å². The number of nitrogens with zero attached hydrogens (tertiary/aromatic N) is 3. The second kappa shape index (κ2) is 12.1. The minimum atomic E-state index is 0. The lowest BCUT2D eigenvalue weighted by Gasteiger charge is -2.30. The van der Waals surface area contributed by atoms with Gasteiger partial charge in [-0.3, -0.25) is 4.79 Å². The Morgan fingerprint density at radius 3 is 2.56 bits per heavy atom. The number of guanidine groups is 1. The van der Waals surface area contributed by atoms with Crippen molar-refractivity contribution in [2.45, 2.75) is 25.9 Å². The molecule has 2 fully saturated rings. The molecule has 1 unspecified atom stereocenters. The van der Waals surface area contributed by atoms with Gasteiger partial charge in [-0.2, -0.15) is 0 Å². The Hall–Kier alpha value is -2.33. The van der Waals surface area contributed by atoms with Crippen LogP contribution in [0.4, 0.5) is 11.4 Å². The van der Waals surface area contributed by atoms with Gasteiger partial charge in [0, 0.05) is 44.0 Å². The smallest absolute Gasteiger partial charge is 0.229 e. The van der Waals surface area contributed by atoms with E-state index in [0.717, 1.165) is 44.5 Å². The molecule has 0 spiro atoms. The van der Waals surface area contributed by atoms with E-state index in [1.54, 1.807) is 0 Å². The molecule has 2 aliphatic rings. The van der Waals surface area contributed by atoms with Crippen LogP contribution >= 0.6 is 24.0 Å². The summed E-state index contributed by atoms with van der Waals surface area (Å²) >= 11 is 0. The van der Waals surface area contributed by atoms with Crippen molar-refractivity contribution in [3.05, 3.63) is 60.2 Å². The van der Waals surface area contributed by atoms with Gasteiger partial charge in [0.1, 0.15) is 0 Å². The molecule has 0 saturated carbocycles. The Bertz CT molecular complexity index is 902. The number of rotatable bonds is 6. The Kier molecular flexibility index (Phi) is 9.16. The maximum absolute atomic E-state index is 12.5. The molecule has 2 saturated heterocycles. The number of para-hydroxylation sites is 2. The number of carbonyl (C=O) groups excluding carboxylic acids is 1. The highest BCUT2D eigenvalue weighted by molar-refractivity contribution is 14.0. The van der Waals surface area contributed by atoms with E-state index in [1.165, 1.54) is 11.3 Å². The average molecular weight is 549 g/mol. The van der Waals surface area contributed by atoms with Gasteiger partial charge in [-0.1, -0.05) is 36.4 Å². The van der Waals surface area contributed by atoms with Crippen LogP contribution in [0.2, 0.25) is 0 Å². The number of hydrogen-bond acceptors (Lipinski definition) is 4. The van der Waals surface area contributed by atoms with E-state index in [4.69, 9.17) is 9.73 Å². The fraction of sp³-hybridized carbons (Fsp3) is 0.417. The second-order valence-corrected chi connectivity index (χ2v) is 7.81. The van der Waals surface area contributed by atoms with Crippen molar-refractivity contribution in [3.63, 3.8) is 0 Å². The minimum absolute atomic E-state index is 0. The molecule has 7 nitrogen and oxygen atoms in total. The largest absolute Gasteiger partial charge is 0.378 e. The Morgan fingerprint density at radius 1 is 1.09 bits per heavy atom. The van der Waals surface area contributed by atoms with E-state index in [0.29, 0.717) is 19.5 Å². The number of ether oxygens (including phenoxy) is 1. The molecule has 2 heterocycles. The van der Waals surface area contributed by atoms with Crippen LogP contribution in [0.1, 0.15) is 18.9 Å². The molecule has 172 valence electrons. The fourth-order valence-electron chi connectivity index (χ4n) is 4.10. The van der Waals surface area contributed by atoms with Crippen LogP contribution < -0.4 is 20.4 Å². The SMILES string of the molecule is CCNC(=NCc1ccccc1N1CCOCC1)NC1CC(=O)N(c2ccccc2)C1.I. The highest BCUT2D eigenvalue weighted by atomic mass is 127. The van der Waals surface area contributed by atoms with Gasteiger partial charge in [-0.25, -0.2) is 4.99 Å². The van der Waals surface area contributed by atoms with Crippen LogP contribution in [0.25, 0.3) is 0 Å². The first kappa shape index (κ1) is 24.3. The van der Waals surface area contributed by atoms with Crippen molar-refractivity contribution < 1.29 is 9.53 Å². The number of carbonyl (C=O) groups is 1. The first-order valence-electron chi connectivity index (χ1n) is 11.1. The van der Waals surface area contributed by atoms with Gasteiger partial charge < -0.3 is 25.2 Å². The number of halogens is 1. The van der Waals surface area contributed by atoms with E-state index in [-0.39, 0.29) is 35.9 Å². The predicted octanol–water partition coefficient (Wildman–Crippen LogP) is 3.00. The van der Waals surface area contributed by atoms with Crippen molar-refractivity contribution >= 4 is 47.2 Å². The van der Waals surface area contributed by atoms with Crippen molar-refractivity contribution in [1.29, 1.82) is 0 Å². The van der Waals surface area contributed by atoms with Gasteiger partial charge in [-0.15, -0.1) is 24.0 Å². The lowest BCUT2D eigenvalue weighted by molar-refractivity contribution is -0.117. The van der Waals surface area contributed by atoms with Crippen LogP contribution in [-0.4, -0.2) is 57.3 Å².